The lowest BCUT2D eigenvalue weighted by Crippen LogP contribution is -2.34. The van der Waals surface area contributed by atoms with E-state index >= 15 is 0 Å². The molecule has 0 aromatic carbocycles. The van der Waals surface area contributed by atoms with E-state index in [-0.39, 0.29) is 13.2 Å². The molecule has 0 heterocycles. The van der Waals surface area contributed by atoms with Crippen molar-refractivity contribution in [2.24, 2.45) is 0 Å². The molecular formula is C7H16NO5P. The smallest absolute Gasteiger partial charge is 0.407 e. The van der Waals surface area contributed by atoms with Gasteiger partial charge in [-0.15, -0.1) is 0 Å². The predicted molar refractivity (Wildman–Crippen MR) is 51.5 cm³/mol. The molecule has 0 saturated carbocycles. The number of nitrogens with one attached hydrogen (secondary N) is 1. The molecule has 84 valence electrons. The molecule has 0 atom stereocenters. The highest BCUT2D eigenvalue weighted by Gasteiger charge is 2.15. The maximum Gasteiger partial charge on any atom is 0.407 e. The summed E-state index contributed by atoms with van der Waals surface area (Å²) in [4.78, 5) is 27.7. The highest BCUT2D eigenvalue weighted by Crippen LogP contribution is 2.23. The monoisotopic (exact) mass is 225 g/mol. The first-order chi connectivity index (χ1) is 6.31. The fourth-order valence-corrected chi connectivity index (χ4v) is 0.849. The fraction of sp³-hybridized carbons (Fsp3) is 0.857. The third-order valence-corrected chi connectivity index (χ3v) is 1.39. The van der Waals surface area contributed by atoms with Gasteiger partial charge in [0.2, 0.25) is 0 Å². The van der Waals surface area contributed by atoms with Gasteiger partial charge in [0.1, 0.15) is 5.60 Å². The molecule has 0 aromatic rings. The Morgan fingerprint density at radius 2 is 2.00 bits per heavy atom. The van der Waals surface area contributed by atoms with Gasteiger partial charge in [-0.1, -0.05) is 0 Å². The summed E-state index contributed by atoms with van der Waals surface area (Å²) in [5.41, 5.74) is -0.536. The Morgan fingerprint density at radius 1 is 1.43 bits per heavy atom. The first-order valence-corrected chi connectivity index (χ1v) is 5.25. The van der Waals surface area contributed by atoms with E-state index in [1.165, 1.54) is 0 Å². The topological polar surface area (TPSA) is 88.0 Å². The van der Waals surface area contributed by atoms with Gasteiger partial charge in [-0.2, -0.15) is 0 Å². The van der Waals surface area contributed by atoms with Crippen molar-refractivity contribution in [1.82, 2.24) is 5.32 Å². The van der Waals surface area contributed by atoms with Crippen LogP contribution in [0.15, 0.2) is 0 Å². The second-order valence-corrected chi connectivity index (χ2v) is 4.28. The molecule has 0 aliphatic heterocycles. The van der Waals surface area contributed by atoms with Gasteiger partial charge >= 0.3 is 14.7 Å². The van der Waals surface area contributed by atoms with Crippen LogP contribution in [0.5, 0.6) is 0 Å². The van der Waals surface area contributed by atoms with Crippen molar-refractivity contribution in [2.45, 2.75) is 26.4 Å². The zero-order chi connectivity index (χ0) is 11.2. The van der Waals surface area contributed by atoms with E-state index in [1.54, 1.807) is 20.8 Å². The van der Waals surface area contributed by atoms with Crippen molar-refractivity contribution < 1.29 is 23.8 Å². The average Bonchev–Trinajstić information content (AvgIpc) is 1.94. The molecule has 0 aliphatic rings. The third-order valence-electron chi connectivity index (χ3n) is 0.977. The second kappa shape index (κ2) is 6.14. The van der Waals surface area contributed by atoms with Crippen LogP contribution in [0.2, 0.25) is 0 Å². The van der Waals surface area contributed by atoms with E-state index in [9.17, 15) is 4.79 Å². The molecule has 6 nitrogen and oxygen atoms in total. The van der Waals surface area contributed by atoms with E-state index in [1.807, 2.05) is 0 Å². The summed E-state index contributed by atoms with van der Waals surface area (Å²) in [5, 5.41) is 2.40. The van der Waals surface area contributed by atoms with Crippen LogP contribution in [-0.4, -0.2) is 34.6 Å². The molecule has 3 N–H and O–H groups in total. The number of carbonyl (C=O) groups is 1. The third kappa shape index (κ3) is 9.67. The molecule has 0 aliphatic carbocycles. The van der Waals surface area contributed by atoms with Gasteiger partial charge in [0, 0.05) is 6.54 Å². The molecule has 1 amide bonds. The van der Waals surface area contributed by atoms with E-state index in [2.05, 4.69) is 9.84 Å². The van der Waals surface area contributed by atoms with Crippen LogP contribution in [0.1, 0.15) is 20.8 Å². The zero-order valence-corrected chi connectivity index (χ0v) is 9.38. The standard InChI is InChI=1S/C7H16NO5P/c1-7(2,3)13-6(9)8-4-5-12-14(10)11/h10-11H,4-5H2,1-3H3,(H,8,9). The highest BCUT2D eigenvalue weighted by atomic mass is 31.2. The van der Waals surface area contributed by atoms with Gasteiger partial charge in [0.25, 0.3) is 0 Å². The van der Waals surface area contributed by atoms with E-state index in [4.69, 9.17) is 14.5 Å². The molecule has 0 bridgehead atoms. The molecule has 0 saturated heterocycles. The Bertz CT molecular complexity index is 179. The lowest BCUT2D eigenvalue weighted by Gasteiger charge is -2.19. The molecule has 0 rings (SSSR count). The molecule has 0 spiro atoms. The van der Waals surface area contributed by atoms with Crippen molar-refractivity contribution in [3.63, 3.8) is 0 Å². The number of ether oxygens (including phenoxy) is 1. The highest BCUT2D eigenvalue weighted by molar-refractivity contribution is 7.39. The summed E-state index contributed by atoms with van der Waals surface area (Å²) < 4.78 is 9.35. The van der Waals surface area contributed by atoms with E-state index in [0.717, 1.165) is 0 Å². The van der Waals surface area contributed by atoms with Crippen molar-refractivity contribution in [3.8, 4) is 0 Å². The lowest BCUT2D eigenvalue weighted by molar-refractivity contribution is 0.0518. The summed E-state index contributed by atoms with van der Waals surface area (Å²) in [5.74, 6) is 0. The minimum absolute atomic E-state index is 0.0396. The number of hydrogen-bond acceptors (Lipinski definition) is 5. The molecule has 14 heavy (non-hydrogen) atoms. The maximum absolute atomic E-state index is 11.0. The fourth-order valence-electron chi connectivity index (χ4n) is 0.595. The van der Waals surface area contributed by atoms with Crippen molar-refractivity contribution in [1.29, 1.82) is 0 Å². The quantitative estimate of drug-likeness (QED) is 0.485. The van der Waals surface area contributed by atoms with Crippen LogP contribution in [0.3, 0.4) is 0 Å². The van der Waals surface area contributed by atoms with Crippen LogP contribution < -0.4 is 5.32 Å². The molecule has 0 aromatic heterocycles. The number of rotatable bonds is 4. The van der Waals surface area contributed by atoms with Gasteiger partial charge in [0.05, 0.1) is 6.61 Å². The molecule has 7 heteroatoms. The SMILES string of the molecule is CC(C)(C)OC(=O)NCCOP(O)O. The van der Waals surface area contributed by atoms with Gasteiger partial charge < -0.3 is 24.4 Å². The van der Waals surface area contributed by atoms with Gasteiger partial charge in [-0.05, 0) is 20.8 Å². The van der Waals surface area contributed by atoms with Crippen molar-refractivity contribution in [3.05, 3.63) is 0 Å². The number of carbonyl (C=O) groups excluding carboxylic acids is 1. The van der Waals surface area contributed by atoms with Crippen molar-refractivity contribution >= 4 is 14.7 Å². The Kier molecular flexibility index (Phi) is 5.95. The van der Waals surface area contributed by atoms with E-state index in [0.29, 0.717) is 0 Å². The van der Waals surface area contributed by atoms with E-state index < -0.39 is 20.3 Å². The molecule has 0 radical (unpaired) electrons. The van der Waals surface area contributed by atoms with Crippen LogP contribution in [-0.2, 0) is 9.26 Å². The minimum atomic E-state index is -2.35. The van der Waals surface area contributed by atoms with Crippen LogP contribution >= 0.6 is 8.60 Å². The Morgan fingerprint density at radius 3 is 2.43 bits per heavy atom. The zero-order valence-electron chi connectivity index (χ0n) is 8.48. The molecular weight excluding hydrogens is 209 g/mol. The molecule has 0 fully saturated rings. The number of amides is 1. The van der Waals surface area contributed by atoms with Crippen molar-refractivity contribution in [2.75, 3.05) is 13.2 Å². The second-order valence-electron chi connectivity index (χ2n) is 3.51. The summed E-state index contributed by atoms with van der Waals surface area (Å²) >= 11 is 0. The summed E-state index contributed by atoms with van der Waals surface area (Å²) in [6.45, 7) is 5.48. The van der Waals surface area contributed by atoms with Crippen LogP contribution in [0.25, 0.3) is 0 Å². The first kappa shape index (κ1) is 13.6. The average molecular weight is 225 g/mol. The summed E-state index contributed by atoms with van der Waals surface area (Å²) in [7, 11) is -2.35. The first-order valence-electron chi connectivity index (χ1n) is 4.09. The number of alkyl carbamates (subject to hydrolysis) is 1. The number of hydrogen-bond donors (Lipinski definition) is 3. The summed E-state index contributed by atoms with van der Waals surface area (Å²) in [6.07, 6.45) is -0.554. The largest absolute Gasteiger partial charge is 0.444 e. The summed E-state index contributed by atoms with van der Waals surface area (Å²) in [6, 6.07) is 0. The Balaban J connectivity index is 3.46. The van der Waals surface area contributed by atoms with Gasteiger partial charge in [-0.25, -0.2) is 4.79 Å². The van der Waals surface area contributed by atoms with Gasteiger partial charge in [-0.3, -0.25) is 0 Å². The predicted octanol–water partition coefficient (Wildman–Crippen LogP) is 0.739. The van der Waals surface area contributed by atoms with Crippen LogP contribution in [0, 0.1) is 0 Å². The lowest BCUT2D eigenvalue weighted by atomic mass is 10.2. The normalized spacial score (nSPS) is 11.6. The Hall–Kier alpha value is -0.420. The van der Waals surface area contributed by atoms with Gasteiger partial charge in [0.15, 0.2) is 0 Å². The maximum atomic E-state index is 11.0. The Labute approximate surface area is 84.2 Å². The minimum Gasteiger partial charge on any atom is -0.444 e. The van der Waals surface area contributed by atoms with Crippen LogP contribution in [0.4, 0.5) is 4.79 Å². The molecule has 0 unspecified atom stereocenters.